The Kier molecular flexibility index (Phi) is 22.1. The van der Waals surface area contributed by atoms with E-state index in [-0.39, 0.29) is 33.9 Å². The van der Waals surface area contributed by atoms with E-state index in [0.29, 0.717) is 50.8 Å². The number of esters is 1. The maximum atomic E-state index is 13.3. The summed E-state index contributed by atoms with van der Waals surface area (Å²) < 4.78 is 26.7. The average molecular weight is 916 g/mol. The number of benzene rings is 2. The number of halogens is 2. The van der Waals surface area contributed by atoms with Gasteiger partial charge in [-0.1, -0.05) is 60.3 Å². The number of aliphatic hydroxyl groups excluding tert-OH is 4. The van der Waals surface area contributed by atoms with E-state index in [1.54, 1.807) is 27.7 Å². The first kappa shape index (κ1) is 52.6. The van der Waals surface area contributed by atoms with E-state index in [1.807, 2.05) is 24.3 Å². The Bertz CT molecular complexity index is 1760. The predicted octanol–water partition coefficient (Wildman–Crippen LogP) is 4.17. The second-order valence-corrected chi connectivity index (χ2v) is 16.9. The summed E-state index contributed by atoms with van der Waals surface area (Å²) >= 11 is 13.2. The van der Waals surface area contributed by atoms with Crippen molar-refractivity contribution >= 4 is 47.1 Å². The van der Waals surface area contributed by atoms with Crippen LogP contribution in [0.1, 0.15) is 106 Å². The van der Waals surface area contributed by atoms with Gasteiger partial charge in [0.05, 0.1) is 23.8 Å². The first-order chi connectivity index (χ1) is 29.4. The van der Waals surface area contributed by atoms with Crippen LogP contribution in [-0.4, -0.2) is 120 Å². The molecule has 7 atom stereocenters. The zero-order chi connectivity index (χ0) is 46.0. The largest absolute Gasteiger partial charge is 0.486 e. The van der Waals surface area contributed by atoms with Crippen LogP contribution in [0.25, 0.3) is 0 Å². The van der Waals surface area contributed by atoms with E-state index < -0.39 is 73.1 Å². The molecule has 3 rings (SSSR count). The molecule has 0 bridgehead atoms. The number of carbonyl (C=O) groups is 4. The Hall–Kier alpha value is -3.78. The summed E-state index contributed by atoms with van der Waals surface area (Å²) in [6, 6.07) is 6.97. The van der Waals surface area contributed by atoms with Crippen molar-refractivity contribution in [1.29, 1.82) is 0 Å². The standard InChI is InChI=1S/C43H64Cl2N4O13/c1-25-28(39(55)49-35-37(54)36(53)31(23-50)61-41(35)59-6)21-29(44)38(34(25)45)60-24-27-15-13-14-26(20-27)22-47-33(52)18-10-8-7-9-17-32(51)46-19-12-11-16-30(40(56)58-5)48-42(57)62-43(2,3)4/h13-15,20-21,30-31,33,35-37,41,47,50,52-54H,7-12,16-19,22-24H2,1-6H3,(H,46,51)(H,48,57)(H,49,55)/t30-,31+,33?,35+,36+,37+,41-/m0/s1. The number of hydrogen-bond acceptors (Lipinski definition) is 14. The Balaban J connectivity index is 1.34. The van der Waals surface area contributed by atoms with Crippen LogP contribution in [0.4, 0.5) is 4.79 Å². The molecule has 2 aromatic rings. The maximum absolute atomic E-state index is 13.3. The minimum absolute atomic E-state index is 0.0502. The number of carbonyl (C=O) groups excluding carboxylic acids is 4. The highest BCUT2D eigenvalue weighted by Gasteiger charge is 2.45. The van der Waals surface area contributed by atoms with E-state index in [2.05, 4.69) is 21.3 Å². The molecule has 0 saturated carbocycles. The number of rotatable bonds is 24. The van der Waals surface area contributed by atoms with Crippen LogP contribution in [0.15, 0.2) is 30.3 Å². The van der Waals surface area contributed by atoms with E-state index in [0.717, 1.165) is 36.8 Å². The van der Waals surface area contributed by atoms with E-state index in [4.69, 9.17) is 46.9 Å². The third-order valence-electron chi connectivity index (χ3n) is 10.0. The summed E-state index contributed by atoms with van der Waals surface area (Å²) in [7, 11) is 2.56. The highest BCUT2D eigenvalue weighted by Crippen LogP contribution is 2.38. The molecule has 348 valence electrons. The van der Waals surface area contributed by atoms with Crippen molar-refractivity contribution < 1.29 is 63.3 Å². The summed E-state index contributed by atoms with van der Waals surface area (Å²) in [6.45, 7) is 7.22. The van der Waals surface area contributed by atoms with Gasteiger partial charge >= 0.3 is 12.1 Å². The summed E-state index contributed by atoms with van der Waals surface area (Å²) in [4.78, 5) is 49.7. The van der Waals surface area contributed by atoms with Gasteiger partial charge in [-0.2, -0.15) is 0 Å². The maximum Gasteiger partial charge on any atom is 0.408 e. The van der Waals surface area contributed by atoms with Gasteiger partial charge in [-0.3, -0.25) is 14.9 Å². The van der Waals surface area contributed by atoms with Crippen molar-refractivity contribution in [3.05, 3.63) is 62.6 Å². The van der Waals surface area contributed by atoms with Crippen LogP contribution in [0.3, 0.4) is 0 Å². The normalized spacial score (nSPS) is 19.8. The molecule has 62 heavy (non-hydrogen) atoms. The van der Waals surface area contributed by atoms with Gasteiger partial charge in [0.25, 0.3) is 5.91 Å². The van der Waals surface area contributed by atoms with Gasteiger partial charge < -0.3 is 60.1 Å². The number of amides is 3. The lowest BCUT2D eigenvalue weighted by atomic mass is 9.96. The minimum Gasteiger partial charge on any atom is -0.486 e. The number of alkyl carbamates (subject to hydrolysis) is 1. The molecular weight excluding hydrogens is 851 g/mol. The van der Waals surface area contributed by atoms with Gasteiger partial charge in [-0.15, -0.1) is 0 Å². The second-order valence-electron chi connectivity index (χ2n) is 16.1. The monoisotopic (exact) mass is 914 g/mol. The van der Waals surface area contributed by atoms with Crippen LogP contribution in [0.5, 0.6) is 5.75 Å². The average Bonchev–Trinajstić information content (AvgIpc) is 3.22. The number of hydrogen-bond donors (Lipinski definition) is 8. The molecule has 1 fully saturated rings. The van der Waals surface area contributed by atoms with E-state index >= 15 is 0 Å². The first-order valence-electron chi connectivity index (χ1n) is 20.8. The fourth-order valence-electron chi connectivity index (χ4n) is 6.66. The molecule has 0 spiro atoms. The van der Waals surface area contributed by atoms with Crippen molar-refractivity contribution in [3.8, 4) is 5.75 Å². The number of unbranched alkanes of at least 4 members (excludes halogenated alkanes) is 4. The zero-order valence-corrected chi connectivity index (χ0v) is 37.9. The molecule has 1 unspecified atom stereocenters. The molecule has 0 radical (unpaired) electrons. The fourth-order valence-corrected chi connectivity index (χ4v) is 7.22. The number of nitrogens with one attached hydrogen (secondary N) is 4. The molecule has 2 aromatic carbocycles. The van der Waals surface area contributed by atoms with Gasteiger partial charge in [-0.05, 0) is 89.0 Å². The van der Waals surface area contributed by atoms with Gasteiger partial charge in [0.2, 0.25) is 5.91 Å². The first-order valence-corrected chi connectivity index (χ1v) is 21.5. The Morgan fingerprint density at radius 1 is 0.935 bits per heavy atom. The molecule has 0 aromatic heterocycles. The molecule has 3 amide bonds. The number of aliphatic hydroxyl groups is 4. The van der Waals surface area contributed by atoms with E-state index in [1.165, 1.54) is 20.3 Å². The Morgan fingerprint density at radius 2 is 1.63 bits per heavy atom. The fraction of sp³-hybridized carbons (Fsp3) is 0.628. The molecule has 0 aliphatic carbocycles. The number of ether oxygens (including phenoxy) is 5. The highest BCUT2D eigenvalue weighted by atomic mass is 35.5. The third-order valence-corrected chi connectivity index (χ3v) is 10.8. The second kappa shape index (κ2) is 26.1. The van der Waals surface area contributed by atoms with Crippen molar-refractivity contribution in [2.24, 2.45) is 0 Å². The lowest BCUT2D eigenvalue weighted by Crippen LogP contribution is -2.64. The predicted molar refractivity (Wildman–Crippen MR) is 231 cm³/mol. The topological polar surface area (TPSA) is 243 Å². The van der Waals surface area contributed by atoms with Crippen LogP contribution in [0, 0.1) is 6.92 Å². The molecular formula is C43H64Cl2N4O13. The lowest BCUT2D eigenvalue weighted by molar-refractivity contribution is -0.261. The van der Waals surface area contributed by atoms with Crippen LogP contribution < -0.4 is 26.0 Å². The molecule has 1 aliphatic heterocycles. The minimum atomic E-state index is -1.49. The summed E-state index contributed by atoms with van der Waals surface area (Å²) in [5.41, 5.74) is 1.49. The highest BCUT2D eigenvalue weighted by molar-refractivity contribution is 6.38. The van der Waals surface area contributed by atoms with Crippen molar-refractivity contribution in [1.82, 2.24) is 21.3 Å². The number of methoxy groups -OCH3 is 2. The van der Waals surface area contributed by atoms with Gasteiger partial charge in [0.15, 0.2) is 12.0 Å². The van der Waals surface area contributed by atoms with Crippen LogP contribution in [-0.2, 0) is 41.7 Å². The van der Waals surface area contributed by atoms with Gasteiger partial charge in [-0.25, -0.2) is 9.59 Å². The molecule has 1 saturated heterocycles. The third kappa shape index (κ3) is 17.1. The van der Waals surface area contributed by atoms with Crippen LogP contribution in [0.2, 0.25) is 10.0 Å². The molecule has 17 nitrogen and oxygen atoms in total. The summed E-state index contributed by atoms with van der Waals surface area (Å²) in [6.07, 6.45) is -0.908. The van der Waals surface area contributed by atoms with Crippen LogP contribution >= 0.6 is 23.2 Å². The van der Waals surface area contributed by atoms with Crippen molar-refractivity contribution in [3.63, 3.8) is 0 Å². The Labute approximate surface area is 373 Å². The Morgan fingerprint density at radius 3 is 2.31 bits per heavy atom. The molecule has 1 aliphatic rings. The van der Waals surface area contributed by atoms with Gasteiger partial charge in [0, 0.05) is 32.2 Å². The zero-order valence-electron chi connectivity index (χ0n) is 36.3. The smallest absolute Gasteiger partial charge is 0.408 e. The molecule has 19 heteroatoms. The quantitative estimate of drug-likeness (QED) is 0.0419. The van der Waals surface area contributed by atoms with Crippen molar-refractivity contribution in [2.75, 3.05) is 27.4 Å². The van der Waals surface area contributed by atoms with E-state index in [9.17, 15) is 39.6 Å². The summed E-state index contributed by atoms with van der Waals surface area (Å²) in [5.74, 6) is -1.09. The SMILES string of the molecule is COC(=O)[C@H](CCCCNC(=O)CCCCCCC(O)NCc1cccc(COc2c(Cl)cc(C(=O)N[C@H]3[C@@H](OC)O[C@H](CO)[C@@H](O)[C@@H]3O)c(C)c2Cl)c1)NC(=O)OC(C)(C)C. The molecule has 8 N–H and O–H groups in total. The van der Waals surface area contributed by atoms with Gasteiger partial charge in [0.1, 0.15) is 48.8 Å². The summed E-state index contributed by atoms with van der Waals surface area (Å²) in [5, 5.41) is 52.3. The lowest BCUT2D eigenvalue weighted by Gasteiger charge is -2.41. The van der Waals surface area contributed by atoms with Crippen molar-refractivity contribution in [2.45, 2.75) is 147 Å². The molecule has 1 heterocycles.